The van der Waals surface area contributed by atoms with E-state index in [2.05, 4.69) is 19.2 Å². The number of rotatable bonds is 7. The Labute approximate surface area is 82.3 Å². The molecule has 0 saturated heterocycles. The first-order valence-electron chi connectivity index (χ1n) is 5.64. The second-order valence-electron chi connectivity index (χ2n) is 4.68. The van der Waals surface area contributed by atoms with Gasteiger partial charge < -0.3 is 11.1 Å². The lowest BCUT2D eigenvalue weighted by Gasteiger charge is -2.19. The van der Waals surface area contributed by atoms with Crippen LogP contribution in [0.2, 0.25) is 0 Å². The monoisotopic (exact) mass is 184 g/mol. The summed E-state index contributed by atoms with van der Waals surface area (Å²) >= 11 is 0. The topological polar surface area (TPSA) is 38.0 Å². The van der Waals surface area contributed by atoms with Gasteiger partial charge in [0.15, 0.2) is 0 Å². The average Bonchev–Trinajstić information content (AvgIpc) is 2.87. The van der Waals surface area contributed by atoms with Crippen LogP contribution in [0.25, 0.3) is 0 Å². The summed E-state index contributed by atoms with van der Waals surface area (Å²) in [7, 11) is 0. The fraction of sp³-hybridized carbons (Fsp3) is 1.00. The molecule has 1 rings (SSSR count). The fourth-order valence-electron chi connectivity index (χ4n) is 1.59. The van der Waals surface area contributed by atoms with Gasteiger partial charge >= 0.3 is 0 Å². The lowest BCUT2D eigenvalue weighted by molar-refractivity contribution is 0.369. The van der Waals surface area contributed by atoms with Gasteiger partial charge in [-0.1, -0.05) is 26.7 Å². The fourth-order valence-corrected chi connectivity index (χ4v) is 1.59. The van der Waals surface area contributed by atoms with Crippen molar-refractivity contribution in [3.05, 3.63) is 0 Å². The van der Waals surface area contributed by atoms with Crippen LogP contribution in [0.3, 0.4) is 0 Å². The van der Waals surface area contributed by atoms with Gasteiger partial charge in [-0.05, 0) is 43.8 Å². The van der Waals surface area contributed by atoms with Crippen LogP contribution in [0.15, 0.2) is 0 Å². The largest absolute Gasteiger partial charge is 0.330 e. The highest BCUT2D eigenvalue weighted by molar-refractivity contribution is 4.74. The molecule has 1 unspecified atom stereocenters. The number of hydrogen-bond acceptors (Lipinski definition) is 2. The highest BCUT2D eigenvalue weighted by Crippen LogP contribution is 2.31. The summed E-state index contributed by atoms with van der Waals surface area (Å²) in [5.74, 6) is 2.40. The first-order chi connectivity index (χ1) is 6.24. The Bertz CT molecular complexity index is 130. The maximum absolute atomic E-state index is 5.69. The molecular formula is C11H24N2. The average molecular weight is 184 g/mol. The molecule has 1 saturated carbocycles. The molecule has 3 N–H and O–H groups in total. The van der Waals surface area contributed by atoms with Gasteiger partial charge in [-0.25, -0.2) is 0 Å². The SMILES string of the molecule is CC(C)C(CN)CNCCC1CC1. The Hall–Kier alpha value is -0.0800. The molecule has 0 aromatic carbocycles. The second-order valence-corrected chi connectivity index (χ2v) is 4.68. The Morgan fingerprint density at radius 3 is 2.54 bits per heavy atom. The molecule has 1 fully saturated rings. The highest BCUT2D eigenvalue weighted by atomic mass is 14.9. The lowest BCUT2D eigenvalue weighted by Crippen LogP contribution is -2.32. The van der Waals surface area contributed by atoms with E-state index in [0.717, 1.165) is 19.0 Å². The van der Waals surface area contributed by atoms with Crippen LogP contribution >= 0.6 is 0 Å². The summed E-state index contributed by atoms with van der Waals surface area (Å²) in [6.07, 6.45) is 4.30. The van der Waals surface area contributed by atoms with Gasteiger partial charge in [-0.15, -0.1) is 0 Å². The number of nitrogens with two attached hydrogens (primary N) is 1. The van der Waals surface area contributed by atoms with Gasteiger partial charge in [0.2, 0.25) is 0 Å². The van der Waals surface area contributed by atoms with E-state index in [0.29, 0.717) is 11.8 Å². The minimum absolute atomic E-state index is 0.652. The number of hydrogen-bond donors (Lipinski definition) is 2. The van der Waals surface area contributed by atoms with Crippen molar-refractivity contribution in [1.29, 1.82) is 0 Å². The Morgan fingerprint density at radius 2 is 2.08 bits per heavy atom. The Morgan fingerprint density at radius 1 is 1.38 bits per heavy atom. The van der Waals surface area contributed by atoms with E-state index < -0.39 is 0 Å². The van der Waals surface area contributed by atoms with Gasteiger partial charge in [0, 0.05) is 0 Å². The van der Waals surface area contributed by atoms with E-state index in [9.17, 15) is 0 Å². The van der Waals surface area contributed by atoms with Crippen LogP contribution in [0, 0.1) is 17.8 Å². The van der Waals surface area contributed by atoms with Gasteiger partial charge in [0.05, 0.1) is 0 Å². The third kappa shape index (κ3) is 4.63. The first kappa shape index (κ1) is 11.0. The maximum atomic E-state index is 5.69. The van der Waals surface area contributed by atoms with E-state index in [1.165, 1.54) is 25.8 Å². The van der Waals surface area contributed by atoms with Gasteiger partial charge in [0.25, 0.3) is 0 Å². The normalized spacial score (nSPS) is 19.4. The molecule has 0 spiro atoms. The van der Waals surface area contributed by atoms with Crippen molar-refractivity contribution < 1.29 is 0 Å². The zero-order valence-corrected chi connectivity index (χ0v) is 9.05. The smallest absolute Gasteiger partial charge is 0.000600 e. The maximum Gasteiger partial charge on any atom is -0.000600 e. The van der Waals surface area contributed by atoms with Gasteiger partial charge in [-0.3, -0.25) is 0 Å². The zero-order valence-electron chi connectivity index (χ0n) is 9.05. The predicted molar refractivity (Wildman–Crippen MR) is 57.6 cm³/mol. The summed E-state index contributed by atoms with van der Waals surface area (Å²) in [5.41, 5.74) is 5.69. The Balaban J connectivity index is 1.94. The molecule has 78 valence electrons. The van der Waals surface area contributed by atoms with Crippen molar-refractivity contribution in [3.63, 3.8) is 0 Å². The third-order valence-corrected chi connectivity index (χ3v) is 3.08. The minimum atomic E-state index is 0.652. The molecule has 1 aliphatic carbocycles. The molecule has 0 radical (unpaired) electrons. The molecule has 2 nitrogen and oxygen atoms in total. The molecule has 1 aliphatic rings. The molecule has 0 aromatic heterocycles. The van der Waals surface area contributed by atoms with E-state index in [-0.39, 0.29) is 0 Å². The molecule has 0 bridgehead atoms. The molecule has 0 aromatic rings. The van der Waals surface area contributed by atoms with Crippen molar-refractivity contribution in [2.45, 2.75) is 33.1 Å². The molecular weight excluding hydrogens is 160 g/mol. The van der Waals surface area contributed by atoms with Crippen LogP contribution in [-0.2, 0) is 0 Å². The number of nitrogens with one attached hydrogen (secondary N) is 1. The highest BCUT2D eigenvalue weighted by Gasteiger charge is 2.20. The van der Waals surface area contributed by atoms with Crippen LogP contribution in [-0.4, -0.2) is 19.6 Å². The van der Waals surface area contributed by atoms with Crippen molar-refractivity contribution >= 4 is 0 Å². The molecule has 1 atom stereocenters. The molecule has 13 heavy (non-hydrogen) atoms. The van der Waals surface area contributed by atoms with Crippen molar-refractivity contribution in [2.24, 2.45) is 23.5 Å². The quantitative estimate of drug-likeness (QED) is 0.590. The Kier molecular flexibility index (Phi) is 4.74. The summed E-state index contributed by atoms with van der Waals surface area (Å²) < 4.78 is 0. The van der Waals surface area contributed by atoms with Crippen molar-refractivity contribution in [1.82, 2.24) is 5.32 Å². The standard InChI is InChI=1S/C11H24N2/c1-9(2)11(7-12)8-13-6-5-10-3-4-10/h9-11,13H,3-8,12H2,1-2H3. The van der Waals surface area contributed by atoms with Crippen LogP contribution in [0.1, 0.15) is 33.1 Å². The van der Waals surface area contributed by atoms with E-state index >= 15 is 0 Å². The second kappa shape index (κ2) is 5.61. The first-order valence-corrected chi connectivity index (χ1v) is 5.64. The van der Waals surface area contributed by atoms with Crippen molar-refractivity contribution in [3.8, 4) is 0 Å². The molecule has 0 aliphatic heterocycles. The predicted octanol–water partition coefficient (Wildman–Crippen LogP) is 1.61. The molecule has 0 amide bonds. The minimum Gasteiger partial charge on any atom is -0.330 e. The van der Waals surface area contributed by atoms with Crippen LogP contribution in [0.5, 0.6) is 0 Å². The van der Waals surface area contributed by atoms with E-state index in [4.69, 9.17) is 5.73 Å². The summed E-state index contributed by atoms with van der Waals surface area (Å²) in [5, 5.41) is 3.51. The van der Waals surface area contributed by atoms with Gasteiger partial charge in [0.1, 0.15) is 0 Å². The summed E-state index contributed by atoms with van der Waals surface area (Å²) in [6.45, 7) is 7.60. The van der Waals surface area contributed by atoms with E-state index in [1.807, 2.05) is 0 Å². The van der Waals surface area contributed by atoms with Gasteiger partial charge in [-0.2, -0.15) is 0 Å². The van der Waals surface area contributed by atoms with Crippen molar-refractivity contribution in [2.75, 3.05) is 19.6 Å². The molecule has 0 heterocycles. The molecule has 2 heteroatoms. The summed E-state index contributed by atoms with van der Waals surface area (Å²) in [4.78, 5) is 0. The summed E-state index contributed by atoms with van der Waals surface area (Å²) in [6, 6.07) is 0. The third-order valence-electron chi connectivity index (χ3n) is 3.08. The van der Waals surface area contributed by atoms with E-state index in [1.54, 1.807) is 0 Å². The van der Waals surface area contributed by atoms with Crippen LogP contribution < -0.4 is 11.1 Å². The van der Waals surface area contributed by atoms with Crippen LogP contribution in [0.4, 0.5) is 0 Å². The zero-order chi connectivity index (χ0) is 9.68. The lowest BCUT2D eigenvalue weighted by atomic mass is 9.96.